The maximum absolute atomic E-state index is 5.68. The fourth-order valence-electron chi connectivity index (χ4n) is 2.51. The van der Waals surface area contributed by atoms with Crippen molar-refractivity contribution < 1.29 is 4.74 Å². The highest BCUT2D eigenvalue weighted by atomic mass is 16.5. The minimum atomic E-state index is 0.791. The molecule has 4 nitrogen and oxygen atoms in total. The Labute approximate surface area is 142 Å². The molecule has 0 amide bonds. The molecule has 1 N–H and O–H groups in total. The molecule has 1 aromatic heterocycles. The molecule has 0 aliphatic carbocycles. The van der Waals surface area contributed by atoms with Crippen LogP contribution in [0.1, 0.15) is 30.9 Å². The zero-order valence-corrected chi connectivity index (χ0v) is 14.0. The van der Waals surface area contributed by atoms with E-state index in [1.165, 1.54) is 11.1 Å². The van der Waals surface area contributed by atoms with Gasteiger partial charge in [0.15, 0.2) is 0 Å². The van der Waals surface area contributed by atoms with E-state index in [1.54, 1.807) is 12.4 Å². The Morgan fingerprint density at radius 3 is 2.38 bits per heavy atom. The molecule has 0 radical (unpaired) electrons. The van der Waals surface area contributed by atoms with Gasteiger partial charge in [-0.15, -0.1) is 0 Å². The van der Waals surface area contributed by atoms with E-state index in [2.05, 4.69) is 46.5 Å². The summed E-state index contributed by atoms with van der Waals surface area (Å²) in [4.78, 5) is 8.63. The van der Waals surface area contributed by atoms with Crippen molar-refractivity contribution in [2.45, 2.75) is 32.9 Å². The number of aromatic nitrogens is 2. The summed E-state index contributed by atoms with van der Waals surface area (Å²) in [6.07, 6.45) is 5.70. The van der Waals surface area contributed by atoms with Crippen molar-refractivity contribution in [2.24, 2.45) is 0 Å². The van der Waals surface area contributed by atoms with Crippen LogP contribution < -0.4 is 10.1 Å². The van der Waals surface area contributed by atoms with Gasteiger partial charge in [-0.3, -0.25) is 9.97 Å². The molecule has 3 aromatic rings. The number of nitrogens with one attached hydrogen (secondary N) is 1. The summed E-state index contributed by atoms with van der Waals surface area (Å²) < 4.78 is 5.68. The molecule has 0 saturated heterocycles. The number of fused-ring (bicyclic) bond motifs is 1. The van der Waals surface area contributed by atoms with E-state index in [9.17, 15) is 0 Å². The van der Waals surface area contributed by atoms with Gasteiger partial charge in [-0.2, -0.15) is 0 Å². The van der Waals surface area contributed by atoms with E-state index in [0.717, 1.165) is 49.3 Å². The smallest absolute Gasteiger partial charge is 0.119 e. The molecule has 3 rings (SSSR count). The lowest BCUT2D eigenvalue weighted by atomic mass is 10.1. The molecule has 24 heavy (non-hydrogen) atoms. The van der Waals surface area contributed by atoms with Gasteiger partial charge in [0.2, 0.25) is 0 Å². The van der Waals surface area contributed by atoms with Crippen LogP contribution in [0, 0.1) is 0 Å². The SMILES string of the molecule is CCCCOc1ccc(CNCc2ccc3nccnc3c2)cc1. The summed E-state index contributed by atoms with van der Waals surface area (Å²) >= 11 is 0. The van der Waals surface area contributed by atoms with Crippen LogP contribution in [0.2, 0.25) is 0 Å². The quantitative estimate of drug-likeness (QED) is 0.635. The maximum Gasteiger partial charge on any atom is 0.119 e. The number of hydrogen-bond acceptors (Lipinski definition) is 4. The monoisotopic (exact) mass is 321 g/mol. The standard InChI is InChI=1S/C20H23N3O/c1-2-3-12-24-18-7-4-16(5-8-18)14-21-15-17-6-9-19-20(13-17)23-11-10-22-19/h4-11,13,21H,2-3,12,14-15H2,1H3. The number of unbranched alkanes of at least 4 members (excludes halogenated alkanes) is 1. The van der Waals surface area contributed by atoms with E-state index < -0.39 is 0 Å². The highest BCUT2D eigenvalue weighted by Crippen LogP contribution is 2.14. The first-order valence-corrected chi connectivity index (χ1v) is 8.47. The van der Waals surface area contributed by atoms with Gasteiger partial charge < -0.3 is 10.1 Å². The van der Waals surface area contributed by atoms with Crippen LogP contribution in [0.25, 0.3) is 11.0 Å². The van der Waals surface area contributed by atoms with Crippen LogP contribution >= 0.6 is 0 Å². The first-order chi connectivity index (χ1) is 11.8. The highest BCUT2D eigenvalue weighted by molar-refractivity contribution is 5.74. The van der Waals surface area contributed by atoms with Gasteiger partial charge in [-0.05, 0) is 41.8 Å². The van der Waals surface area contributed by atoms with E-state index >= 15 is 0 Å². The maximum atomic E-state index is 5.68. The summed E-state index contributed by atoms with van der Waals surface area (Å²) in [5.41, 5.74) is 4.33. The Bertz CT molecular complexity index is 771. The van der Waals surface area contributed by atoms with Gasteiger partial charge in [0.25, 0.3) is 0 Å². The lowest BCUT2D eigenvalue weighted by molar-refractivity contribution is 0.309. The minimum absolute atomic E-state index is 0.791. The highest BCUT2D eigenvalue weighted by Gasteiger charge is 1.99. The lowest BCUT2D eigenvalue weighted by Gasteiger charge is -2.08. The van der Waals surface area contributed by atoms with Crippen molar-refractivity contribution in [3.05, 3.63) is 66.0 Å². The fraction of sp³-hybridized carbons (Fsp3) is 0.300. The van der Waals surface area contributed by atoms with E-state index in [0.29, 0.717) is 0 Å². The molecule has 0 spiro atoms. The Morgan fingerprint density at radius 1 is 0.875 bits per heavy atom. The zero-order valence-electron chi connectivity index (χ0n) is 14.0. The molecule has 2 aromatic carbocycles. The second kappa shape index (κ2) is 8.41. The average Bonchev–Trinajstić information content (AvgIpc) is 2.63. The van der Waals surface area contributed by atoms with Crippen molar-refractivity contribution in [2.75, 3.05) is 6.61 Å². The zero-order chi connectivity index (χ0) is 16.6. The Kier molecular flexibility index (Phi) is 5.75. The molecule has 0 aliphatic heterocycles. The summed E-state index contributed by atoms with van der Waals surface area (Å²) in [6, 6.07) is 14.5. The van der Waals surface area contributed by atoms with E-state index in [4.69, 9.17) is 4.74 Å². The van der Waals surface area contributed by atoms with Gasteiger partial charge in [-0.25, -0.2) is 0 Å². The van der Waals surface area contributed by atoms with Crippen LogP contribution in [0.4, 0.5) is 0 Å². The van der Waals surface area contributed by atoms with Crippen LogP contribution in [0.3, 0.4) is 0 Å². The summed E-state index contributed by atoms with van der Waals surface area (Å²) in [6.45, 7) is 4.59. The van der Waals surface area contributed by atoms with Crippen molar-refractivity contribution in [3.8, 4) is 5.75 Å². The van der Waals surface area contributed by atoms with Gasteiger partial charge in [0.05, 0.1) is 17.6 Å². The summed E-state index contributed by atoms with van der Waals surface area (Å²) in [5, 5.41) is 3.47. The van der Waals surface area contributed by atoms with E-state index in [-0.39, 0.29) is 0 Å². The number of rotatable bonds is 8. The first-order valence-electron chi connectivity index (χ1n) is 8.47. The van der Waals surface area contributed by atoms with E-state index in [1.807, 2.05) is 18.2 Å². The Balaban J connectivity index is 1.50. The van der Waals surface area contributed by atoms with Crippen LogP contribution in [0.15, 0.2) is 54.9 Å². The van der Waals surface area contributed by atoms with Crippen molar-refractivity contribution in [1.29, 1.82) is 0 Å². The molecule has 124 valence electrons. The molecular weight excluding hydrogens is 298 g/mol. The number of hydrogen-bond donors (Lipinski definition) is 1. The molecule has 0 aliphatic rings. The second-order valence-electron chi connectivity index (χ2n) is 5.83. The van der Waals surface area contributed by atoms with Crippen LogP contribution in [0.5, 0.6) is 5.75 Å². The predicted octanol–water partition coefficient (Wildman–Crippen LogP) is 4.10. The third kappa shape index (κ3) is 4.52. The van der Waals surface area contributed by atoms with Gasteiger partial charge in [-0.1, -0.05) is 31.5 Å². The van der Waals surface area contributed by atoms with Crippen molar-refractivity contribution in [1.82, 2.24) is 15.3 Å². The molecule has 0 fully saturated rings. The molecule has 0 bridgehead atoms. The normalized spacial score (nSPS) is 10.9. The van der Waals surface area contributed by atoms with Gasteiger partial charge >= 0.3 is 0 Å². The molecule has 0 atom stereocenters. The van der Waals surface area contributed by atoms with Crippen molar-refractivity contribution >= 4 is 11.0 Å². The topological polar surface area (TPSA) is 47.0 Å². The largest absolute Gasteiger partial charge is 0.494 e. The first kappa shape index (κ1) is 16.4. The number of ether oxygens (including phenoxy) is 1. The third-order valence-electron chi connectivity index (χ3n) is 3.88. The fourth-order valence-corrected chi connectivity index (χ4v) is 2.51. The van der Waals surface area contributed by atoms with Crippen molar-refractivity contribution in [3.63, 3.8) is 0 Å². The molecule has 0 saturated carbocycles. The predicted molar refractivity (Wildman–Crippen MR) is 96.9 cm³/mol. The minimum Gasteiger partial charge on any atom is -0.494 e. The average molecular weight is 321 g/mol. The molecule has 0 unspecified atom stereocenters. The second-order valence-corrected chi connectivity index (χ2v) is 5.83. The number of nitrogens with zero attached hydrogens (tertiary/aromatic N) is 2. The Morgan fingerprint density at radius 2 is 1.58 bits per heavy atom. The molecule has 1 heterocycles. The molecular formula is C20H23N3O. The summed E-state index contributed by atoms with van der Waals surface area (Å²) in [7, 11) is 0. The number of benzene rings is 2. The summed E-state index contributed by atoms with van der Waals surface area (Å²) in [5.74, 6) is 0.945. The van der Waals surface area contributed by atoms with Crippen LogP contribution in [-0.2, 0) is 13.1 Å². The lowest BCUT2D eigenvalue weighted by Crippen LogP contribution is -2.12. The van der Waals surface area contributed by atoms with Gasteiger partial charge in [0, 0.05) is 25.5 Å². The van der Waals surface area contributed by atoms with Gasteiger partial charge in [0.1, 0.15) is 5.75 Å². The Hall–Kier alpha value is -2.46. The third-order valence-corrected chi connectivity index (χ3v) is 3.88. The van der Waals surface area contributed by atoms with Crippen LogP contribution in [-0.4, -0.2) is 16.6 Å². The molecule has 4 heteroatoms.